The molecule has 0 saturated heterocycles. The number of nitrogens with two attached hydrogens (primary N) is 1. The van der Waals surface area contributed by atoms with Crippen LogP contribution in [0.1, 0.15) is 5.56 Å². The van der Waals surface area contributed by atoms with E-state index in [-0.39, 0.29) is 16.3 Å². The molecule has 0 atom stereocenters. The number of phenols is 1. The van der Waals surface area contributed by atoms with Gasteiger partial charge in [-0.05, 0) is 25.1 Å². The number of aromatic hydroxyl groups is 1. The molecule has 0 spiro atoms. The zero-order chi connectivity index (χ0) is 9.14. The van der Waals surface area contributed by atoms with Gasteiger partial charge in [0.25, 0.3) is 0 Å². The Balaban J connectivity index is 3.14. The maximum Gasteiger partial charge on any atom is 0.134 e. The van der Waals surface area contributed by atoms with Gasteiger partial charge in [0, 0.05) is 5.56 Å². The second kappa shape index (κ2) is 3.74. The van der Waals surface area contributed by atoms with Crippen LogP contribution in [0.3, 0.4) is 0 Å². The lowest BCUT2D eigenvalue weighted by atomic mass is 10.1. The van der Waals surface area contributed by atoms with Crippen LogP contribution >= 0.6 is 11.6 Å². The fraction of sp³-hybridized carbons (Fsp3) is 0.250. The molecule has 1 aromatic carbocycles. The van der Waals surface area contributed by atoms with E-state index in [0.29, 0.717) is 13.0 Å². The smallest absolute Gasteiger partial charge is 0.134 e. The first-order valence-electron chi connectivity index (χ1n) is 3.52. The number of benzene rings is 1. The van der Waals surface area contributed by atoms with Crippen molar-refractivity contribution in [3.8, 4) is 5.75 Å². The Morgan fingerprint density at radius 2 is 2.17 bits per heavy atom. The van der Waals surface area contributed by atoms with Gasteiger partial charge in [-0.3, -0.25) is 0 Å². The molecule has 0 fully saturated rings. The minimum Gasteiger partial charge on any atom is -0.506 e. The highest BCUT2D eigenvalue weighted by atomic mass is 35.5. The van der Waals surface area contributed by atoms with Gasteiger partial charge in [0.2, 0.25) is 0 Å². The average molecular weight is 190 g/mol. The van der Waals surface area contributed by atoms with Crippen LogP contribution in [0, 0.1) is 5.82 Å². The van der Waals surface area contributed by atoms with Gasteiger partial charge in [-0.15, -0.1) is 0 Å². The Labute approximate surface area is 74.8 Å². The number of hydrogen-bond acceptors (Lipinski definition) is 2. The van der Waals surface area contributed by atoms with Gasteiger partial charge >= 0.3 is 0 Å². The zero-order valence-corrected chi connectivity index (χ0v) is 7.11. The van der Waals surface area contributed by atoms with E-state index in [1.54, 1.807) is 0 Å². The lowest BCUT2D eigenvalue weighted by molar-refractivity contribution is 0.471. The minimum absolute atomic E-state index is 0.0560. The summed E-state index contributed by atoms with van der Waals surface area (Å²) < 4.78 is 13.0. The van der Waals surface area contributed by atoms with Crippen LogP contribution in [0.15, 0.2) is 12.1 Å². The fourth-order valence-electron chi connectivity index (χ4n) is 0.959. The first-order valence-corrected chi connectivity index (χ1v) is 3.90. The van der Waals surface area contributed by atoms with Gasteiger partial charge in [0.05, 0.1) is 5.02 Å². The normalized spacial score (nSPS) is 10.2. The molecule has 2 nitrogen and oxygen atoms in total. The maximum atomic E-state index is 13.0. The molecular weight excluding hydrogens is 181 g/mol. The molecule has 0 aliphatic rings. The SMILES string of the molecule is NCCc1c(F)ccc(O)c1Cl. The van der Waals surface area contributed by atoms with E-state index in [0.717, 1.165) is 0 Å². The number of hydrogen-bond donors (Lipinski definition) is 2. The van der Waals surface area contributed by atoms with Crippen LogP contribution in [0.5, 0.6) is 5.75 Å². The summed E-state index contributed by atoms with van der Waals surface area (Å²) in [6.07, 6.45) is 0.332. The van der Waals surface area contributed by atoms with Gasteiger partial charge < -0.3 is 10.8 Å². The lowest BCUT2D eigenvalue weighted by Crippen LogP contribution is -2.05. The van der Waals surface area contributed by atoms with Gasteiger partial charge in [0.1, 0.15) is 11.6 Å². The predicted octanol–water partition coefficient (Wildman–Crippen LogP) is 1.69. The van der Waals surface area contributed by atoms with E-state index in [1.807, 2.05) is 0 Å². The summed E-state index contributed by atoms with van der Waals surface area (Å²) in [5.74, 6) is -0.537. The molecule has 0 heterocycles. The molecule has 0 unspecified atom stereocenters. The molecule has 0 saturated carbocycles. The molecule has 0 amide bonds. The first-order chi connectivity index (χ1) is 5.66. The van der Waals surface area contributed by atoms with Crippen molar-refractivity contribution in [2.45, 2.75) is 6.42 Å². The molecular formula is C8H9ClFNO. The molecule has 3 N–H and O–H groups in total. The van der Waals surface area contributed by atoms with Crippen LogP contribution in [0.25, 0.3) is 0 Å². The van der Waals surface area contributed by atoms with Gasteiger partial charge in [-0.25, -0.2) is 4.39 Å². The Morgan fingerprint density at radius 1 is 1.50 bits per heavy atom. The molecule has 66 valence electrons. The van der Waals surface area contributed by atoms with Crippen LogP contribution in [-0.4, -0.2) is 11.7 Å². The summed E-state index contributed by atoms with van der Waals surface area (Å²) in [6, 6.07) is 2.39. The highest BCUT2D eigenvalue weighted by Gasteiger charge is 2.09. The van der Waals surface area contributed by atoms with Crippen molar-refractivity contribution >= 4 is 11.6 Å². The quantitative estimate of drug-likeness (QED) is 0.744. The minimum atomic E-state index is -0.428. The molecule has 0 aliphatic heterocycles. The van der Waals surface area contributed by atoms with Crippen molar-refractivity contribution in [1.29, 1.82) is 0 Å². The largest absolute Gasteiger partial charge is 0.506 e. The van der Waals surface area contributed by atoms with Crippen LogP contribution in [0.4, 0.5) is 4.39 Å². The van der Waals surface area contributed by atoms with Crippen LogP contribution < -0.4 is 5.73 Å². The molecule has 0 aliphatic carbocycles. The monoisotopic (exact) mass is 189 g/mol. The summed E-state index contributed by atoms with van der Waals surface area (Å²) in [5.41, 5.74) is 5.52. The van der Waals surface area contributed by atoms with Gasteiger partial charge in [-0.2, -0.15) is 0 Å². The van der Waals surface area contributed by atoms with Crippen molar-refractivity contribution in [2.24, 2.45) is 5.73 Å². The van der Waals surface area contributed by atoms with Crippen molar-refractivity contribution in [1.82, 2.24) is 0 Å². The summed E-state index contributed by atoms with van der Waals surface area (Å²) in [4.78, 5) is 0. The summed E-state index contributed by atoms with van der Waals surface area (Å²) >= 11 is 5.63. The lowest BCUT2D eigenvalue weighted by Gasteiger charge is -2.05. The zero-order valence-electron chi connectivity index (χ0n) is 6.35. The van der Waals surface area contributed by atoms with E-state index >= 15 is 0 Å². The second-order valence-electron chi connectivity index (χ2n) is 2.40. The van der Waals surface area contributed by atoms with Crippen LogP contribution in [-0.2, 0) is 6.42 Å². The summed E-state index contributed by atoms with van der Waals surface area (Å²) in [7, 11) is 0. The summed E-state index contributed by atoms with van der Waals surface area (Å²) in [6.45, 7) is 0.306. The number of phenolic OH excluding ortho intramolecular Hbond substituents is 1. The molecule has 0 radical (unpaired) electrons. The first kappa shape index (κ1) is 9.29. The average Bonchev–Trinajstić information content (AvgIpc) is 2.06. The van der Waals surface area contributed by atoms with E-state index in [1.165, 1.54) is 12.1 Å². The predicted molar refractivity (Wildman–Crippen MR) is 45.8 cm³/mol. The van der Waals surface area contributed by atoms with E-state index in [9.17, 15) is 4.39 Å². The Hall–Kier alpha value is -0.800. The second-order valence-corrected chi connectivity index (χ2v) is 2.78. The number of rotatable bonds is 2. The van der Waals surface area contributed by atoms with E-state index in [2.05, 4.69) is 0 Å². The van der Waals surface area contributed by atoms with E-state index < -0.39 is 5.82 Å². The topological polar surface area (TPSA) is 46.2 Å². The van der Waals surface area contributed by atoms with E-state index in [4.69, 9.17) is 22.4 Å². The Bertz CT molecular complexity index is 291. The third-order valence-electron chi connectivity index (χ3n) is 1.56. The summed E-state index contributed by atoms with van der Waals surface area (Å²) in [5, 5.41) is 9.17. The molecule has 0 aromatic heterocycles. The molecule has 1 aromatic rings. The van der Waals surface area contributed by atoms with Crippen LogP contribution in [0.2, 0.25) is 5.02 Å². The molecule has 0 bridgehead atoms. The number of halogens is 2. The third kappa shape index (κ3) is 1.68. The maximum absolute atomic E-state index is 13.0. The van der Waals surface area contributed by atoms with Crippen molar-refractivity contribution in [2.75, 3.05) is 6.54 Å². The van der Waals surface area contributed by atoms with Gasteiger partial charge in [0.15, 0.2) is 0 Å². The molecule has 12 heavy (non-hydrogen) atoms. The third-order valence-corrected chi connectivity index (χ3v) is 1.98. The standard InChI is InChI=1S/C8H9ClFNO/c9-8-5(3-4-11)6(10)1-2-7(8)12/h1-2,12H,3-4,11H2. The van der Waals surface area contributed by atoms with Gasteiger partial charge in [-0.1, -0.05) is 11.6 Å². The highest BCUT2D eigenvalue weighted by Crippen LogP contribution is 2.28. The Morgan fingerprint density at radius 3 is 2.75 bits per heavy atom. The highest BCUT2D eigenvalue weighted by molar-refractivity contribution is 6.32. The van der Waals surface area contributed by atoms with Crippen molar-refractivity contribution < 1.29 is 9.50 Å². The van der Waals surface area contributed by atoms with Crippen molar-refractivity contribution in [3.63, 3.8) is 0 Å². The van der Waals surface area contributed by atoms with Crippen molar-refractivity contribution in [3.05, 3.63) is 28.5 Å². The fourth-order valence-corrected chi connectivity index (χ4v) is 1.21. The molecule has 1 rings (SSSR count). The Kier molecular flexibility index (Phi) is 2.89. The molecule has 4 heteroatoms.